The lowest BCUT2D eigenvalue weighted by molar-refractivity contribution is 0.252. The average molecular weight is 412 g/mol. The Morgan fingerprint density at radius 1 is 0.967 bits per heavy atom. The molecule has 3 N–H and O–H groups in total. The third-order valence-electron chi connectivity index (χ3n) is 4.52. The fourth-order valence-electron chi connectivity index (χ4n) is 3.29. The Kier molecular flexibility index (Phi) is 7.43. The van der Waals surface area contributed by atoms with Gasteiger partial charge in [0.15, 0.2) is 11.5 Å². The molecule has 0 radical (unpaired) electrons. The molecule has 0 aliphatic rings. The Morgan fingerprint density at radius 3 is 2.30 bits per heavy atom. The third kappa shape index (κ3) is 5.17. The van der Waals surface area contributed by atoms with Gasteiger partial charge in [0.25, 0.3) is 0 Å². The van der Waals surface area contributed by atoms with Gasteiger partial charge in [-0.2, -0.15) is 0 Å². The van der Waals surface area contributed by atoms with Gasteiger partial charge in [0.05, 0.1) is 25.5 Å². The number of carbonyl (C=O) groups is 1. The Morgan fingerprint density at radius 2 is 1.63 bits per heavy atom. The van der Waals surface area contributed by atoms with E-state index in [2.05, 4.69) is 21.7 Å². The minimum atomic E-state index is -0.288. The number of ether oxygens (including phenoxy) is 3. The second-order valence-electron chi connectivity index (χ2n) is 6.59. The van der Waals surface area contributed by atoms with Crippen molar-refractivity contribution >= 4 is 22.6 Å². The zero-order chi connectivity index (χ0) is 21.3. The lowest BCUT2D eigenvalue weighted by Gasteiger charge is -2.17. The predicted octanol–water partition coefficient (Wildman–Crippen LogP) is 4.73. The zero-order valence-electron chi connectivity index (χ0n) is 17.7. The second-order valence-corrected chi connectivity index (χ2v) is 6.59. The third-order valence-corrected chi connectivity index (χ3v) is 4.52. The van der Waals surface area contributed by atoms with Crippen molar-refractivity contribution in [2.75, 3.05) is 31.7 Å². The summed E-state index contributed by atoms with van der Waals surface area (Å²) in [5.74, 6) is 1.63. The number of urea groups is 1. The number of hydrogen-bond acceptors (Lipinski definition) is 4. The summed E-state index contributed by atoms with van der Waals surface area (Å²) in [7, 11) is 0. The Balaban J connectivity index is 1.64. The maximum absolute atomic E-state index is 12.4. The number of aromatic nitrogens is 1. The molecule has 0 atom stereocenters. The Hall–Kier alpha value is -3.35. The number of rotatable bonds is 10. The molecule has 160 valence electrons. The first-order chi connectivity index (χ1) is 14.7. The molecule has 7 heteroatoms. The average Bonchev–Trinajstić information content (AvgIpc) is 3.14. The molecule has 7 nitrogen and oxygen atoms in total. The van der Waals surface area contributed by atoms with Crippen LogP contribution in [0.1, 0.15) is 26.3 Å². The standard InChI is InChI=1S/C23H29N3O4/c1-4-28-20-13-17(14-21(29-5-2)22(20)30-6-3)26-23(27)24-12-11-16-15-25-19-10-8-7-9-18(16)19/h7-10,13-15,25H,4-6,11-12H2,1-3H3,(H2,24,26,27). The van der Waals surface area contributed by atoms with Gasteiger partial charge in [-0.15, -0.1) is 0 Å². The van der Waals surface area contributed by atoms with Gasteiger partial charge in [0.1, 0.15) is 0 Å². The number of hydrogen-bond donors (Lipinski definition) is 3. The number of H-pyrrole nitrogens is 1. The molecular weight excluding hydrogens is 382 g/mol. The van der Waals surface area contributed by atoms with Crippen molar-refractivity contribution in [1.29, 1.82) is 0 Å². The van der Waals surface area contributed by atoms with E-state index in [-0.39, 0.29) is 6.03 Å². The quantitative estimate of drug-likeness (QED) is 0.450. The Labute approximate surface area is 176 Å². The van der Waals surface area contributed by atoms with Crippen LogP contribution in [-0.2, 0) is 6.42 Å². The molecule has 0 saturated carbocycles. The van der Waals surface area contributed by atoms with Gasteiger partial charge in [0, 0.05) is 35.8 Å². The first-order valence-electron chi connectivity index (χ1n) is 10.3. The SMILES string of the molecule is CCOc1cc(NC(=O)NCCc2c[nH]c3ccccc23)cc(OCC)c1OCC. The highest BCUT2D eigenvalue weighted by Crippen LogP contribution is 2.40. The van der Waals surface area contributed by atoms with Crippen molar-refractivity contribution in [2.45, 2.75) is 27.2 Å². The number of carbonyl (C=O) groups excluding carboxylic acids is 1. The molecule has 0 spiro atoms. The van der Waals surface area contributed by atoms with E-state index in [0.29, 0.717) is 49.3 Å². The van der Waals surface area contributed by atoms with Crippen molar-refractivity contribution in [3.63, 3.8) is 0 Å². The number of aromatic amines is 1. The van der Waals surface area contributed by atoms with Gasteiger partial charge in [-0.25, -0.2) is 4.79 Å². The van der Waals surface area contributed by atoms with Crippen LogP contribution in [-0.4, -0.2) is 37.4 Å². The smallest absolute Gasteiger partial charge is 0.319 e. The normalized spacial score (nSPS) is 10.6. The largest absolute Gasteiger partial charge is 0.490 e. The van der Waals surface area contributed by atoms with Crippen LogP contribution in [0.4, 0.5) is 10.5 Å². The van der Waals surface area contributed by atoms with Crippen LogP contribution in [0.2, 0.25) is 0 Å². The first-order valence-corrected chi connectivity index (χ1v) is 10.3. The molecular formula is C23H29N3O4. The van der Waals surface area contributed by atoms with Crippen LogP contribution in [0.25, 0.3) is 10.9 Å². The molecule has 30 heavy (non-hydrogen) atoms. The van der Waals surface area contributed by atoms with Crippen LogP contribution >= 0.6 is 0 Å². The monoisotopic (exact) mass is 411 g/mol. The van der Waals surface area contributed by atoms with Gasteiger partial charge >= 0.3 is 6.03 Å². The zero-order valence-corrected chi connectivity index (χ0v) is 17.7. The van der Waals surface area contributed by atoms with Gasteiger partial charge < -0.3 is 29.8 Å². The molecule has 0 bridgehead atoms. The summed E-state index contributed by atoms with van der Waals surface area (Å²) in [6.07, 6.45) is 2.72. The molecule has 0 aliphatic carbocycles. The van der Waals surface area contributed by atoms with Crippen LogP contribution < -0.4 is 24.8 Å². The molecule has 1 aromatic heterocycles. The van der Waals surface area contributed by atoms with Gasteiger partial charge in [0.2, 0.25) is 5.75 Å². The number of benzene rings is 2. The van der Waals surface area contributed by atoms with E-state index in [0.717, 1.165) is 11.9 Å². The molecule has 3 aromatic rings. The van der Waals surface area contributed by atoms with Crippen LogP contribution in [0.15, 0.2) is 42.6 Å². The molecule has 3 rings (SSSR count). The fraction of sp³-hybridized carbons (Fsp3) is 0.348. The number of fused-ring (bicyclic) bond motifs is 1. The summed E-state index contributed by atoms with van der Waals surface area (Å²) in [5.41, 5.74) is 2.84. The number of nitrogens with one attached hydrogen (secondary N) is 3. The fourth-order valence-corrected chi connectivity index (χ4v) is 3.29. The van der Waals surface area contributed by atoms with Crippen molar-refractivity contribution in [1.82, 2.24) is 10.3 Å². The first kappa shape index (κ1) is 21.4. The van der Waals surface area contributed by atoms with Gasteiger partial charge in [-0.05, 0) is 38.8 Å². The van der Waals surface area contributed by atoms with E-state index in [4.69, 9.17) is 14.2 Å². The molecule has 0 aliphatic heterocycles. The van der Waals surface area contributed by atoms with Crippen molar-refractivity contribution in [3.05, 3.63) is 48.2 Å². The summed E-state index contributed by atoms with van der Waals surface area (Å²) in [6.45, 7) is 7.65. The summed E-state index contributed by atoms with van der Waals surface area (Å²) in [5, 5.41) is 6.93. The highest BCUT2D eigenvalue weighted by molar-refractivity contribution is 5.90. The van der Waals surface area contributed by atoms with E-state index in [1.165, 1.54) is 10.9 Å². The lowest BCUT2D eigenvalue weighted by atomic mass is 10.1. The Bertz CT molecular complexity index is 956. The minimum absolute atomic E-state index is 0.288. The predicted molar refractivity (Wildman–Crippen MR) is 119 cm³/mol. The highest BCUT2D eigenvalue weighted by Gasteiger charge is 2.16. The summed E-state index contributed by atoms with van der Waals surface area (Å²) in [6, 6.07) is 11.3. The van der Waals surface area contributed by atoms with E-state index < -0.39 is 0 Å². The maximum atomic E-state index is 12.4. The molecule has 2 amide bonds. The van der Waals surface area contributed by atoms with E-state index in [1.807, 2.05) is 45.2 Å². The lowest BCUT2D eigenvalue weighted by Crippen LogP contribution is -2.30. The summed E-state index contributed by atoms with van der Waals surface area (Å²) in [4.78, 5) is 15.7. The van der Waals surface area contributed by atoms with Gasteiger partial charge in [-0.1, -0.05) is 18.2 Å². The molecule has 2 aromatic carbocycles. The summed E-state index contributed by atoms with van der Waals surface area (Å²) < 4.78 is 17.1. The number of amides is 2. The highest BCUT2D eigenvalue weighted by atomic mass is 16.5. The topological polar surface area (TPSA) is 84.6 Å². The molecule has 1 heterocycles. The van der Waals surface area contributed by atoms with E-state index in [9.17, 15) is 4.79 Å². The van der Waals surface area contributed by atoms with Crippen molar-refractivity contribution < 1.29 is 19.0 Å². The van der Waals surface area contributed by atoms with Crippen LogP contribution in [0, 0.1) is 0 Å². The van der Waals surface area contributed by atoms with Crippen molar-refractivity contribution in [3.8, 4) is 17.2 Å². The molecule has 0 fully saturated rings. The summed E-state index contributed by atoms with van der Waals surface area (Å²) >= 11 is 0. The number of anilines is 1. The van der Waals surface area contributed by atoms with E-state index in [1.54, 1.807) is 12.1 Å². The van der Waals surface area contributed by atoms with Crippen molar-refractivity contribution in [2.24, 2.45) is 0 Å². The van der Waals surface area contributed by atoms with Crippen LogP contribution in [0.3, 0.4) is 0 Å². The second kappa shape index (κ2) is 10.4. The minimum Gasteiger partial charge on any atom is -0.490 e. The van der Waals surface area contributed by atoms with E-state index >= 15 is 0 Å². The number of para-hydroxylation sites is 1. The van der Waals surface area contributed by atoms with Gasteiger partial charge in [-0.3, -0.25) is 0 Å². The maximum Gasteiger partial charge on any atom is 0.319 e. The van der Waals surface area contributed by atoms with Crippen LogP contribution in [0.5, 0.6) is 17.2 Å². The molecule has 0 unspecified atom stereocenters. The molecule has 0 saturated heterocycles.